The molecule has 6 atom stereocenters. The van der Waals surface area contributed by atoms with E-state index in [1.165, 1.54) is 38.5 Å². The molecule has 0 spiro atoms. The zero-order valence-corrected chi connectivity index (χ0v) is 10.4. The maximum Gasteiger partial charge on any atom is 0.309 e. The maximum atomic E-state index is 12.2. The van der Waals surface area contributed by atoms with Gasteiger partial charge in [-0.2, -0.15) is 0 Å². The van der Waals surface area contributed by atoms with Crippen molar-refractivity contribution in [2.24, 2.45) is 29.6 Å². The van der Waals surface area contributed by atoms with Crippen LogP contribution < -0.4 is 0 Å². The quantitative estimate of drug-likeness (QED) is 0.686. The highest BCUT2D eigenvalue weighted by atomic mass is 16.5. The van der Waals surface area contributed by atoms with Gasteiger partial charge in [0.05, 0.1) is 5.92 Å². The minimum atomic E-state index is 0.162. The van der Waals surface area contributed by atoms with E-state index in [0.717, 1.165) is 24.7 Å². The van der Waals surface area contributed by atoms with E-state index < -0.39 is 0 Å². The molecule has 0 N–H and O–H groups in total. The first kappa shape index (κ1) is 10.4. The van der Waals surface area contributed by atoms with E-state index >= 15 is 0 Å². The summed E-state index contributed by atoms with van der Waals surface area (Å²) in [7, 11) is 0. The topological polar surface area (TPSA) is 26.3 Å². The van der Waals surface area contributed by atoms with Crippen LogP contribution in [0.25, 0.3) is 0 Å². The van der Waals surface area contributed by atoms with Gasteiger partial charge in [0.15, 0.2) is 0 Å². The van der Waals surface area contributed by atoms with Crippen molar-refractivity contribution < 1.29 is 9.53 Å². The predicted octanol–water partition coefficient (Wildman–Crippen LogP) is 3.15. The van der Waals surface area contributed by atoms with Crippen molar-refractivity contribution in [1.82, 2.24) is 0 Å². The highest BCUT2D eigenvalue weighted by molar-refractivity contribution is 5.73. The van der Waals surface area contributed by atoms with E-state index in [4.69, 9.17) is 4.74 Å². The number of carbonyl (C=O) groups is 1. The second-order valence-electron chi connectivity index (χ2n) is 6.93. The van der Waals surface area contributed by atoms with Crippen LogP contribution in [-0.2, 0) is 9.53 Å². The molecule has 4 rings (SSSR count). The first-order chi connectivity index (χ1) is 8.29. The lowest BCUT2D eigenvalue weighted by atomic mass is 9.89. The van der Waals surface area contributed by atoms with Crippen LogP contribution in [0.2, 0.25) is 0 Å². The summed E-state index contributed by atoms with van der Waals surface area (Å²) in [5.41, 5.74) is 0. The van der Waals surface area contributed by atoms with Crippen LogP contribution in [0.4, 0.5) is 0 Å². The van der Waals surface area contributed by atoms with Crippen LogP contribution in [0.3, 0.4) is 0 Å². The Labute approximate surface area is 103 Å². The van der Waals surface area contributed by atoms with E-state index in [1.54, 1.807) is 0 Å². The van der Waals surface area contributed by atoms with Crippen LogP contribution >= 0.6 is 0 Å². The van der Waals surface area contributed by atoms with Gasteiger partial charge < -0.3 is 4.74 Å². The van der Waals surface area contributed by atoms with Crippen LogP contribution in [0.1, 0.15) is 51.4 Å². The zero-order chi connectivity index (χ0) is 11.4. The Morgan fingerprint density at radius 3 is 2.06 bits per heavy atom. The molecule has 4 aliphatic rings. The Morgan fingerprint density at radius 2 is 1.53 bits per heavy atom. The summed E-state index contributed by atoms with van der Waals surface area (Å²) in [5, 5.41) is 0. The first-order valence-electron chi connectivity index (χ1n) is 7.50. The van der Waals surface area contributed by atoms with Gasteiger partial charge in [0.1, 0.15) is 6.10 Å². The van der Waals surface area contributed by atoms with Crippen molar-refractivity contribution in [3.05, 3.63) is 0 Å². The molecule has 4 saturated carbocycles. The Balaban J connectivity index is 1.38. The molecule has 17 heavy (non-hydrogen) atoms. The number of hydrogen-bond acceptors (Lipinski definition) is 2. The third-order valence-corrected chi connectivity index (χ3v) is 5.98. The van der Waals surface area contributed by atoms with Crippen LogP contribution in [0.15, 0.2) is 0 Å². The van der Waals surface area contributed by atoms with Crippen LogP contribution in [0, 0.1) is 29.6 Å². The molecule has 0 aliphatic heterocycles. The van der Waals surface area contributed by atoms with Gasteiger partial charge >= 0.3 is 5.97 Å². The molecule has 0 aromatic heterocycles. The zero-order valence-electron chi connectivity index (χ0n) is 10.4. The molecule has 0 radical (unpaired) electrons. The Kier molecular flexibility index (Phi) is 2.28. The lowest BCUT2D eigenvalue weighted by Gasteiger charge is -2.26. The molecule has 2 nitrogen and oxygen atoms in total. The van der Waals surface area contributed by atoms with Gasteiger partial charge in [0.25, 0.3) is 0 Å². The largest absolute Gasteiger partial charge is 0.462 e. The molecule has 4 fully saturated rings. The van der Waals surface area contributed by atoms with Crippen molar-refractivity contribution >= 4 is 5.97 Å². The first-order valence-corrected chi connectivity index (χ1v) is 7.50. The van der Waals surface area contributed by atoms with E-state index in [1.807, 2.05) is 0 Å². The smallest absolute Gasteiger partial charge is 0.309 e. The Morgan fingerprint density at radius 1 is 0.824 bits per heavy atom. The van der Waals surface area contributed by atoms with E-state index in [-0.39, 0.29) is 11.9 Å². The van der Waals surface area contributed by atoms with E-state index in [9.17, 15) is 4.79 Å². The number of fused-ring (bicyclic) bond motifs is 4. The number of hydrogen-bond donors (Lipinski definition) is 0. The van der Waals surface area contributed by atoms with Gasteiger partial charge in [-0.15, -0.1) is 0 Å². The summed E-state index contributed by atoms with van der Waals surface area (Å²) in [6.07, 6.45) is 10.5. The number of rotatable bonds is 2. The van der Waals surface area contributed by atoms with Crippen molar-refractivity contribution in [3.63, 3.8) is 0 Å². The lowest BCUT2D eigenvalue weighted by Crippen LogP contribution is -2.30. The molecule has 94 valence electrons. The summed E-state index contributed by atoms with van der Waals surface area (Å²) in [4.78, 5) is 12.2. The second kappa shape index (κ2) is 3.73. The summed E-state index contributed by atoms with van der Waals surface area (Å²) < 4.78 is 5.84. The van der Waals surface area contributed by atoms with Gasteiger partial charge in [-0.05, 0) is 68.6 Å². The van der Waals surface area contributed by atoms with E-state index in [0.29, 0.717) is 17.9 Å². The highest BCUT2D eigenvalue weighted by Crippen LogP contribution is 2.50. The summed E-state index contributed by atoms with van der Waals surface area (Å²) in [5.74, 6) is 3.53. The minimum absolute atomic E-state index is 0.162. The summed E-state index contributed by atoms with van der Waals surface area (Å²) >= 11 is 0. The lowest BCUT2D eigenvalue weighted by molar-refractivity contribution is -0.158. The van der Waals surface area contributed by atoms with Crippen molar-refractivity contribution in [3.8, 4) is 0 Å². The fourth-order valence-corrected chi connectivity index (χ4v) is 5.10. The second-order valence-corrected chi connectivity index (χ2v) is 6.93. The molecule has 4 bridgehead atoms. The SMILES string of the molecule is O=C(O[C@@H]1C[C@@H]2CC[C@@H]1C2)[C@H]1C[C@@H]2CC[C@H]1C2. The Bertz CT molecular complexity index is 338. The molecule has 0 saturated heterocycles. The van der Waals surface area contributed by atoms with Crippen molar-refractivity contribution in [2.75, 3.05) is 0 Å². The maximum absolute atomic E-state index is 12.2. The van der Waals surface area contributed by atoms with Crippen LogP contribution in [-0.4, -0.2) is 12.1 Å². The van der Waals surface area contributed by atoms with Gasteiger partial charge in [0.2, 0.25) is 0 Å². The Hall–Kier alpha value is -0.530. The highest BCUT2D eigenvalue weighted by Gasteiger charge is 2.47. The summed E-state index contributed by atoms with van der Waals surface area (Å²) in [6.45, 7) is 0. The van der Waals surface area contributed by atoms with Crippen molar-refractivity contribution in [1.29, 1.82) is 0 Å². The van der Waals surface area contributed by atoms with Crippen molar-refractivity contribution in [2.45, 2.75) is 57.5 Å². The minimum Gasteiger partial charge on any atom is -0.462 e. The third-order valence-electron chi connectivity index (χ3n) is 5.98. The summed E-state index contributed by atoms with van der Waals surface area (Å²) in [6, 6.07) is 0. The standard InChI is InChI=1S/C15H22O2/c16-15(13-7-9-1-3-11(13)5-9)17-14-8-10-2-4-12(14)6-10/h9-14H,1-8H2/t9-,10-,11+,12-,13+,14-/m1/s1. The molecule has 0 amide bonds. The van der Waals surface area contributed by atoms with Gasteiger partial charge in [0, 0.05) is 0 Å². The predicted molar refractivity (Wildman–Crippen MR) is 64.3 cm³/mol. The van der Waals surface area contributed by atoms with Gasteiger partial charge in [-0.1, -0.05) is 6.42 Å². The number of esters is 1. The fourth-order valence-electron chi connectivity index (χ4n) is 5.10. The molecule has 0 heterocycles. The fraction of sp³-hybridized carbons (Fsp3) is 0.933. The molecular weight excluding hydrogens is 212 g/mol. The third kappa shape index (κ3) is 1.63. The molecule has 0 aromatic rings. The van der Waals surface area contributed by atoms with E-state index in [2.05, 4.69) is 0 Å². The van der Waals surface area contributed by atoms with Crippen LogP contribution in [0.5, 0.6) is 0 Å². The van der Waals surface area contributed by atoms with Gasteiger partial charge in [-0.25, -0.2) is 0 Å². The molecular formula is C15H22O2. The average molecular weight is 234 g/mol. The average Bonchev–Trinajstić information content (AvgIpc) is 3.08. The monoisotopic (exact) mass is 234 g/mol. The normalized spacial score (nSPS) is 51.1. The number of carbonyl (C=O) groups excluding carboxylic acids is 1. The molecule has 0 unspecified atom stereocenters. The molecule has 2 heteroatoms. The molecule has 0 aromatic carbocycles. The molecule has 4 aliphatic carbocycles. The van der Waals surface area contributed by atoms with Gasteiger partial charge in [-0.3, -0.25) is 4.79 Å². The number of ether oxygens (including phenoxy) is 1.